The van der Waals surface area contributed by atoms with Crippen molar-refractivity contribution in [3.05, 3.63) is 71.0 Å². The number of fused-ring (bicyclic) bond motifs is 2. The Kier molecular flexibility index (Phi) is 4.90. The molecule has 2 aliphatic heterocycles. The van der Waals surface area contributed by atoms with Gasteiger partial charge in [0.1, 0.15) is 5.82 Å². The minimum absolute atomic E-state index is 0.00228. The second-order valence-corrected chi connectivity index (χ2v) is 7.87. The van der Waals surface area contributed by atoms with Gasteiger partial charge in [-0.2, -0.15) is 0 Å². The topological polar surface area (TPSA) is 20.3 Å². The molecular weight excluding hydrogens is 325 g/mol. The fourth-order valence-corrected chi connectivity index (χ4v) is 4.80. The van der Waals surface area contributed by atoms with Gasteiger partial charge in [-0.1, -0.05) is 48.9 Å². The molecule has 0 amide bonds. The molecule has 2 nitrogen and oxygen atoms in total. The third-order valence-corrected chi connectivity index (χ3v) is 6.16. The molecule has 4 rings (SSSR count). The summed E-state index contributed by atoms with van der Waals surface area (Å²) in [6.45, 7) is 2.68. The molecule has 2 fully saturated rings. The lowest BCUT2D eigenvalue weighted by Gasteiger charge is -2.48. The van der Waals surface area contributed by atoms with Crippen molar-refractivity contribution >= 4 is 5.78 Å². The average Bonchev–Trinajstić information content (AvgIpc) is 2.64. The molecule has 0 N–H and O–H groups in total. The molecule has 0 spiro atoms. The second-order valence-electron chi connectivity index (χ2n) is 7.87. The smallest absolute Gasteiger partial charge is 0.169 e. The Bertz CT molecular complexity index is 774. The van der Waals surface area contributed by atoms with E-state index in [0.29, 0.717) is 17.6 Å². The quantitative estimate of drug-likeness (QED) is 0.710. The second kappa shape index (κ2) is 7.32. The van der Waals surface area contributed by atoms with Crippen molar-refractivity contribution in [1.82, 2.24) is 4.90 Å². The fourth-order valence-electron chi connectivity index (χ4n) is 4.80. The number of Topliss-reactive ketones (excluding diaryl/α,β-unsaturated/α-hetero) is 1. The zero-order chi connectivity index (χ0) is 18.1. The van der Waals surface area contributed by atoms with Gasteiger partial charge >= 0.3 is 0 Å². The van der Waals surface area contributed by atoms with Crippen LogP contribution in [-0.2, 0) is 6.54 Å². The first-order valence-corrected chi connectivity index (χ1v) is 9.72. The maximum Gasteiger partial charge on any atom is 0.169 e. The lowest BCUT2D eigenvalue weighted by atomic mass is 9.75. The normalized spacial score (nSPS) is 25.8. The van der Waals surface area contributed by atoms with E-state index < -0.39 is 0 Å². The van der Waals surface area contributed by atoms with Crippen molar-refractivity contribution in [3.8, 4) is 0 Å². The van der Waals surface area contributed by atoms with E-state index in [1.807, 2.05) is 6.07 Å². The van der Waals surface area contributed by atoms with Gasteiger partial charge in [0.15, 0.2) is 5.78 Å². The van der Waals surface area contributed by atoms with Crippen LogP contribution in [0.15, 0.2) is 48.5 Å². The Labute approximate surface area is 155 Å². The van der Waals surface area contributed by atoms with Crippen LogP contribution < -0.4 is 0 Å². The van der Waals surface area contributed by atoms with Crippen LogP contribution in [0, 0.1) is 18.7 Å². The number of nitrogens with zero attached hydrogens (tertiary/aromatic N) is 1. The lowest BCUT2D eigenvalue weighted by molar-refractivity contribution is 0.00894. The molecule has 2 atom stereocenters. The first kappa shape index (κ1) is 17.4. The van der Waals surface area contributed by atoms with E-state index in [2.05, 4.69) is 29.2 Å². The third-order valence-electron chi connectivity index (χ3n) is 6.16. The summed E-state index contributed by atoms with van der Waals surface area (Å²) in [5.74, 6) is -0.384. The average molecular weight is 351 g/mol. The van der Waals surface area contributed by atoms with Crippen LogP contribution in [0.1, 0.15) is 53.6 Å². The highest BCUT2D eigenvalue weighted by Gasteiger charge is 2.41. The van der Waals surface area contributed by atoms with Gasteiger partial charge in [0, 0.05) is 24.5 Å². The number of hydrogen-bond acceptors (Lipinski definition) is 2. The molecule has 2 saturated heterocycles. The molecule has 2 aromatic rings. The summed E-state index contributed by atoms with van der Waals surface area (Å²) in [5.41, 5.74) is 2.17. The SMILES string of the molecule is Cc1cccc(C(=O)C2CC3CCCC(C2)N3Cc2ccccc2)c1F. The van der Waals surface area contributed by atoms with E-state index in [-0.39, 0.29) is 23.1 Å². The molecule has 0 radical (unpaired) electrons. The van der Waals surface area contributed by atoms with E-state index in [1.54, 1.807) is 25.1 Å². The molecular formula is C23H26FNO. The summed E-state index contributed by atoms with van der Waals surface area (Å²) < 4.78 is 14.4. The van der Waals surface area contributed by atoms with Gasteiger partial charge in [-0.3, -0.25) is 9.69 Å². The Hall–Kier alpha value is -2.00. The Morgan fingerprint density at radius 2 is 1.73 bits per heavy atom. The van der Waals surface area contributed by atoms with Gasteiger partial charge in [-0.05, 0) is 49.8 Å². The number of rotatable bonds is 4. The van der Waals surface area contributed by atoms with Crippen molar-refractivity contribution in [1.29, 1.82) is 0 Å². The van der Waals surface area contributed by atoms with Crippen LogP contribution >= 0.6 is 0 Å². The summed E-state index contributed by atoms with van der Waals surface area (Å²) in [6.07, 6.45) is 5.23. The fraction of sp³-hybridized carbons (Fsp3) is 0.435. The van der Waals surface area contributed by atoms with E-state index in [1.165, 1.54) is 12.0 Å². The Morgan fingerprint density at radius 1 is 1.04 bits per heavy atom. The Morgan fingerprint density at radius 3 is 2.42 bits per heavy atom. The number of carbonyl (C=O) groups excluding carboxylic acids is 1. The van der Waals surface area contributed by atoms with Gasteiger partial charge in [0.25, 0.3) is 0 Å². The molecule has 0 saturated carbocycles. The number of piperidine rings is 2. The molecule has 0 aromatic heterocycles. The number of benzene rings is 2. The highest BCUT2D eigenvalue weighted by molar-refractivity contribution is 5.98. The van der Waals surface area contributed by atoms with Crippen LogP contribution in [0.25, 0.3) is 0 Å². The van der Waals surface area contributed by atoms with Crippen molar-refractivity contribution in [3.63, 3.8) is 0 Å². The standard InChI is InChI=1S/C23H26FNO/c1-16-7-5-12-21(22(16)24)23(26)18-13-19-10-6-11-20(14-18)25(19)15-17-8-3-2-4-9-17/h2-5,7-9,12,18-20H,6,10-11,13-15H2,1H3. The molecule has 2 aromatic carbocycles. The molecule has 3 heteroatoms. The monoisotopic (exact) mass is 351 g/mol. The van der Waals surface area contributed by atoms with E-state index in [9.17, 15) is 9.18 Å². The van der Waals surface area contributed by atoms with Gasteiger partial charge in [-0.25, -0.2) is 4.39 Å². The molecule has 136 valence electrons. The largest absolute Gasteiger partial charge is 0.294 e. The summed E-state index contributed by atoms with van der Waals surface area (Å²) in [4.78, 5) is 15.6. The van der Waals surface area contributed by atoms with Crippen LogP contribution in [0.2, 0.25) is 0 Å². The number of ketones is 1. The highest BCUT2D eigenvalue weighted by Crippen LogP contribution is 2.39. The van der Waals surface area contributed by atoms with Crippen LogP contribution in [0.5, 0.6) is 0 Å². The van der Waals surface area contributed by atoms with E-state index in [0.717, 1.165) is 32.2 Å². The van der Waals surface area contributed by atoms with Gasteiger partial charge in [-0.15, -0.1) is 0 Å². The molecule has 2 aliphatic rings. The predicted molar refractivity (Wildman–Crippen MR) is 102 cm³/mol. The number of hydrogen-bond donors (Lipinski definition) is 0. The van der Waals surface area contributed by atoms with Gasteiger partial charge in [0.2, 0.25) is 0 Å². The molecule has 2 bridgehead atoms. The minimum atomic E-state index is -0.339. The van der Waals surface area contributed by atoms with Gasteiger partial charge < -0.3 is 0 Å². The zero-order valence-corrected chi connectivity index (χ0v) is 15.3. The van der Waals surface area contributed by atoms with Crippen molar-refractivity contribution in [2.75, 3.05) is 0 Å². The molecule has 2 heterocycles. The van der Waals surface area contributed by atoms with Crippen LogP contribution in [-0.4, -0.2) is 22.8 Å². The molecule has 26 heavy (non-hydrogen) atoms. The summed E-state index contributed by atoms with van der Waals surface area (Å²) in [5, 5.41) is 0. The van der Waals surface area contributed by atoms with Gasteiger partial charge in [0.05, 0.1) is 5.56 Å². The van der Waals surface area contributed by atoms with Crippen molar-refractivity contribution in [2.45, 2.75) is 57.7 Å². The summed E-state index contributed by atoms with van der Waals surface area (Å²) >= 11 is 0. The van der Waals surface area contributed by atoms with Crippen molar-refractivity contribution in [2.24, 2.45) is 5.92 Å². The molecule has 0 aliphatic carbocycles. The number of aryl methyl sites for hydroxylation is 1. The van der Waals surface area contributed by atoms with E-state index >= 15 is 0 Å². The predicted octanol–water partition coefficient (Wildman–Crippen LogP) is 5.15. The minimum Gasteiger partial charge on any atom is -0.294 e. The summed E-state index contributed by atoms with van der Waals surface area (Å²) in [6, 6.07) is 16.6. The highest BCUT2D eigenvalue weighted by atomic mass is 19.1. The Balaban J connectivity index is 1.52. The number of halogens is 1. The van der Waals surface area contributed by atoms with Crippen LogP contribution in [0.3, 0.4) is 0 Å². The number of carbonyl (C=O) groups is 1. The maximum absolute atomic E-state index is 14.4. The first-order valence-electron chi connectivity index (χ1n) is 9.72. The zero-order valence-electron chi connectivity index (χ0n) is 15.3. The summed E-state index contributed by atoms with van der Waals surface area (Å²) in [7, 11) is 0. The molecule has 2 unspecified atom stereocenters. The third kappa shape index (κ3) is 3.33. The first-order chi connectivity index (χ1) is 12.6. The lowest BCUT2D eigenvalue weighted by Crippen LogP contribution is -2.52. The van der Waals surface area contributed by atoms with Crippen molar-refractivity contribution < 1.29 is 9.18 Å². The van der Waals surface area contributed by atoms with E-state index in [4.69, 9.17) is 0 Å². The maximum atomic E-state index is 14.4. The van der Waals surface area contributed by atoms with Crippen LogP contribution in [0.4, 0.5) is 4.39 Å².